The smallest absolute Gasteiger partial charge is 0.307 e. The first-order valence-corrected chi connectivity index (χ1v) is 9.27. The summed E-state index contributed by atoms with van der Waals surface area (Å²) in [6, 6.07) is 13.0. The lowest BCUT2D eigenvalue weighted by atomic mass is 9.99. The standard InChI is InChI=1S/C20H20ClN3O3/c1-12(20(25)26)16-11-24(9-8-22-16)19-14-4-2-3-5-17(14)27-18-7-6-13(21)10-15(18)23-19/h2-7,10,12,16,22H,8-9,11H2,1H3,(H,25,26)/t12-,16-/m0/s1. The van der Waals surface area contributed by atoms with Crippen LogP contribution in [0.1, 0.15) is 12.5 Å². The Hall–Kier alpha value is -2.57. The number of amidine groups is 1. The minimum atomic E-state index is -0.807. The molecule has 7 heteroatoms. The lowest BCUT2D eigenvalue weighted by molar-refractivity contribution is -0.142. The maximum Gasteiger partial charge on any atom is 0.307 e. The molecule has 2 heterocycles. The van der Waals surface area contributed by atoms with E-state index in [9.17, 15) is 9.90 Å². The lowest BCUT2D eigenvalue weighted by Crippen LogP contribution is -2.56. The topological polar surface area (TPSA) is 74.2 Å². The molecule has 0 unspecified atom stereocenters. The molecule has 140 valence electrons. The number of aliphatic imine (C=N–C) groups is 1. The molecule has 0 bridgehead atoms. The van der Waals surface area contributed by atoms with Crippen LogP contribution in [0.5, 0.6) is 11.5 Å². The Morgan fingerprint density at radius 2 is 2.15 bits per heavy atom. The lowest BCUT2D eigenvalue weighted by Gasteiger charge is -2.37. The molecule has 2 N–H and O–H groups in total. The number of carboxylic acids is 1. The molecule has 4 rings (SSSR count). The highest BCUT2D eigenvalue weighted by atomic mass is 35.5. The first kappa shape index (κ1) is 17.8. The summed E-state index contributed by atoms with van der Waals surface area (Å²) in [6.45, 7) is 3.69. The van der Waals surface area contributed by atoms with Crippen LogP contribution < -0.4 is 10.1 Å². The van der Waals surface area contributed by atoms with Gasteiger partial charge in [-0.15, -0.1) is 0 Å². The number of piperazine rings is 1. The molecule has 0 aliphatic carbocycles. The van der Waals surface area contributed by atoms with Crippen molar-refractivity contribution >= 4 is 29.1 Å². The summed E-state index contributed by atoms with van der Waals surface area (Å²) in [7, 11) is 0. The van der Waals surface area contributed by atoms with Crippen LogP contribution in [0, 0.1) is 5.92 Å². The minimum absolute atomic E-state index is 0.158. The van der Waals surface area contributed by atoms with Crippen molar-refractivity contribution in [1.82, 2.24) is 10.2 Å². The van der Waals surface area contributed by atoms with E-state index >= 15 is 0 Å². The molecule has 0 amide bonds. The van der Waals surface area contributed by atoms with Crippen molar-refractivity contribution in [2.75, 3.05) is 19.6 Å². The Kier molecular flexibility index (Phi) is 4.76. The van der Waals surface area contributed by atoms with E-state index in [4.69, 9.17) is 21.3 Å². The third-order valence-electron chi connectivity index (χ3n) is 4.99. The molecule has 0 spiro atoms. The average molecular weight is 386 g/mol. The Labute approximate surface area is 162 Å². The first-order chi connectivity index (χ1) is 13.0. The van der Waals surface area contributed by atoms with Gasteiger partial charge in [-0.3, -0.25) is 4.79 Å². The molecule has 1 fully saturated rings. The Balaban J connectivity index is 1.76. The number of aliphatic carboxylic acids is 1. The van der Waals surface area contributed by atoms with Crippen LogP contribution >= 0.6 is 11.6 Å². The summed E-state index contributed by atoms with van der Waals surface area (Å²) in [5, 5.41) is 13.3. The fourth-order valence-electron chi connectivity index (χ4n) is 3.42. The molecule has 2 aromatic carbocycles. The molecule has 2 aliphatic heterocycles. The molecule has 0 aromatic heterocycles. The van der Waals surface area contributed by atoms with Crippen LogP contribution in [0.3, 0.4) is 0 Å². The third kappa shape index (κ3) is 3.50. The molecule has 1 saturated heterocycles. The van der Waals surface area contributed by atoms with Gasteiger partial charge in [0, 0.05) is 30.7 Å². The van der Waals surface area contributed by atoms with E-state index in [0.717, 1.165) is 23.7 Å². The van der Waals surface area contributed by atoms with Crippen molar-refractivity contribution in [3.05, 3.63) is 53.1 Å². The van der Waals surface area contributed by atoms with Crippen LogP contribution in [0.15, 0.2) is 47.5 Å². The van der Waals surface area contributed by atoms with Gasteiger partial charge in [-0.2, -0.15) is 0 Å². The van der Waals surface area contributed by atoms with Gasteiger partial charge in [-0.25, -0.2) is 4.99 Å². The summed E-state index contributed by atoms with van der Waals surface area (Å²) in [5.41, 5.74) is 1.54. The van der Waals surface area contributed by atoms with Crippen molar-refractivity contribution in [3.63, 3.8) is 0 Å². The van der Waals surface area contributed by atoms with Crippen LogP contribution in [0.2, 0.25) is 5.02 Å². The first-order valence-electron chi connectivity index (χ1n) is 8.89. The fraction of sp³-hybridized carbons (Fsp3) is 0.300. The highest BCUT2D eigenvalue weighted by molar-refractivity contribution is 6.31. The summed E-state index contributed by atoms with van der Waals surface area (Å²) in [6.07, 6.45) is 0. The zero-order chi connectivity index (χ0) is 19.0. The van der Waals surface area contributed by atoms with Crippen molar-refractivity contribution in [2.24, 2.45) is 10.9 Å². The summed E-state index contributed by atoms with van der Waals surface area (Å²) in [4.78, 5) is 18.4. The second kappa shape index (κ2) is 7.21. The van der Waals surface area contributed by atoms with E-state index in [-0.39, 0.29) is 6.04 Å². The van der Waals surface area contributed by atoms with E-state index in [1.165, 1.54) is 0 Å². The van der Waals surface area contributed by atoms with Gasteiger partial charge in [-0.05, 0) is 30.3 Å². The van der Waals surface area contributed by atoms with Gasteiger partial charge in [0.25, 0.3) is 0 Å². The van der Waals surface area contributed by atoms with Gasteiger partial charge in [0.05, 0.1) is 11.5 Å². The molecule has 6 nitrogen and oxygen atoms in total. The second-order valence-corrected chi connectivity index (χ2v) is 7.22. The highest BCUT2D eigenvalue weighted by Crippen LogP contribution is 2.39. The van der Waals surface area contributed by atoms with Crippen molar-refractivity contribution in [1.29, 1.82) is 0 Å². The molecular formula is C20H20ClN3O3. The summed E-state index contributed by atoms with van der Waals surface area (Å²) >= 11 is 6.16. The maximum absolute atomic E-state index is 11.4. The summed E-state index contributed by atoms with van der Waals surface area (Å²) in [5.74, 6) is 0.840. The number of para-hydroxylation sites is 1. The van der Waals surface area contributed by atoms with Crippen LogP contribution in [0.25, 0.3) is 0 Å². The number of carboxylic acid groups (broad SMARTS) is 1. The SMILES string of the molecule is C[C@H](C(=O)O)[C@@H]1CN(C2=Nc3cc(Cl)ccc3Oc3ccccc32)CCN1. The quantitative estimate of drug-likeness (QED) is 0.827. The number of halogens is 1. The molecule has 0 saturated carbocycles. The summed E-state index contributed by atoms with van der Waals surface area (Å²) < 4.78 is 6.08. The Bertz CT molecular complexity index is 915. The monoisotopic (exact) mass is 385 g/mol. The normalized spacial score (nSPS) is 19.9. The number of fused-ring (bicyclic) bond motifs is 2. The number of benzene rings is 2. The van der Waals surface area contributed by atoms with Gasteiger partial charge >= 0.3 is 5.97 Å². The van der Waals surface area contributed by atoms with Gasteiger partial charge in [0.2, 0.25) is 0 Å². The van der Waals surface area contributed by atoms with Crippen molar-refractivity contribution in [2.45, 2.75) is 13.0 Å². The van der Waals surface area contributed by atoms with Crippen molar-refractivity contribution < 1.29 is 14.6 Å². The van der Waals surface area contributed by atoms with E-state index in [1.807, 2.05) is 30.3 Å². The van der Waals surface area contributed by atoms with Gasteiger partial charge in [0.1, 0.15) is 17.3 Å². The molecule has 2 aromatic rings. The van der Waals surface area contributed by atoms with E-state index in [2.05, 4.69) is 10.2 Å². The fourth-order valence-corrected chi connectivity index (χ4v) is 3.58. The Morgan fingerprint density at radius 3 is 2.96 bits per heavy atom. The zero-order valence-electron chi connectivity index (χ0n) is 14.9. The predicted octanol–water partition coefficient (Wildman–Crippen LogP) is 3.52. The largest absolute Gasteiger partial charge is 0.481 e. The number of hydrogen-bond acceptors (Lipinski definition) is 5. The number of rotatable bonds is 2. The number of ether oxygens (including phenoxy) is 1. The number of hydrogen-bond donors (Lipinski definition) is 2. The predicted molar refractivity (Wildman–Crippen MR) is 104 cm³/mol. The maximum atomic E-state index is 11.4. The molecule has 2 aliphatic rings. The van der Waals surface area contributed by atoms with Gasteiger partial charge in [0.15, 0.2) is 5.75 Å². The number of carbonyl (C=O) groups is 1. The van der Waals surface area contributed by atoms with Gasteiger partial charge in [-0.1, -0.05) is 30.7 Å². The van der Waals surface area contributed by atoms with Crippen LogP contribution in [-0.2, 0) is 4.79 Å². The second-order valence-electron chi connectivity index (χ2n) is 6.78. The zero-order valence-corrected chi connectivity index (χ0v) is 15.6. The molecule has 0 radical (unpaired) electrons. The molecule has 27 heavy (non-hydrogen) atoms. The van der Waals surface area contributed by atoms with Crippen LogP contribution in [-0.4, -0.2) is 47.5 Å². The number of nitrogens with zero attached hydrogens (tertiary/aromatic N) is 2. The van der Waals surface area contributed by atoms with Gasteiger partial charge < -0.3 is 20.1 Å². The highest BCUT2D eigenvalue weighted by Gasteiger charge is 2.31. The van der Waals surface area contributed by atoms with Crippen LogP contribution in [0.4, 0.5) is 5.69 Å². The van der Waals surface area contributed by atoms with E-state index < -0.39 is 11.9 Å². The Morgan fingerprint density at radius 1 is 1.33 bits per heavy atom. The van der Waals surface area contributed by atoms with E-state index in [1.54, 1.807) is 19.1 Å². The third-order valence-corrected chi connectivity index (χ3v) is 5.23. The van der Waals surface area contributed by atoms with Crippen molar-refractivity contribution in [3.8, 4) is 11.5 Å². The molecular weight excluding hydrogens is 366 g/mol. The minimum Gasteiger partial charge on any atom is -0.481 e. The average Bonchev–Trinajstić information content (AvgIpc) is 2.84. The van der Waals surface area contributed by atoms with E-state index in [0.29, 0.717) is 29.5 Å². The number of nitrogens with one attached hydrogen (secondary N) is 1. The molecule has 2 atom stereocenters.